The average Bonchev–Trinajstić information content (AvgIpc) is 2.12. The molecule has 0 amide bonds. The van der Waals surface area contributed by atoms with Gasteiger partial charge >= 0.3 is 0 Å². The van der Waals surface area contributed by atoms with E-state index in [2.05, 4.69) is 5.32 Å². The summed E-state index contributed by atoms with van der Waals surface area (Å²) < 4.78 is 29.2. The summed E-state index contributed by atoms with van der Waals surface area (Å²) in [6.07, 6.45) is 2.88. The Bertz CT molecular complexity index is 240. The lowest BCUT2D eigenvalue weighted by molar-refractivity contribution is 0.276. The van der Waals surface area contributed by atoms with E-state index in [0.29, 0.717) is 12.5 Å². The molecule has 0 spiro atoms. The van der Waals surface area contributed by atoms with Crippen LogP contribution in [0.25, 0.3) is 0 Å². The largest absolute Gasteiger partial charge is 0.396 e. The van der Waals surface area contributed by atoms with Crippen LogP contribution in [0.5, 0.6) is 0 Å². The normalized spacial score (nSPS) is 14.1. The summed E-state index contributed by atoms with van der Waals surface area (Å²) in [5.41, 5.74) is 0. The topological polar surface area (TPSA) is 86.6 Å². The van der Waals surface area contributed by atoms with Crippen molar-refractivity contribution in [3.63, 3.8) is 0 Å². The Hall–Kier alpha value is -0.170. The van der Waals surface area contributed by atoms with Crippen LogP contribution in [-0.4, -0.2) is 43.0 Å². The predicted molar refractivity (Wildman–Crippen MR) is 59.4 cm³/mol. The predicted octanol–water partition coefficient (Wildman–Crippen LogP) is 0.405. The first-order chi connectivity index (χ1) is 6.95. The second-order valence-electron chi connectivity index (χ2n) is 3.71. The van der Waals surface area contributed by atoms with Crippen LogP contribution in [0.2, 0.25) is 0 Å². The highest BCUT2D eigenvalue weighted by molar-refractivity contribution is 7.85. The number of unbranched alkanes of at least 4 members (excludes halogenated alkanes) is 1. The monoisotopic (exact) mass is 239 g/mol. The van der Waals surface area contributed by atoms with Gasteiger partial charge in [0.2, 0.25) is 0 Å². The lowest BCUT2D eigenvalue weighted by atomic mass is 10.2. The molecule has 0 heterocycles. The summed E-state index contributed by atoms with van der Waals surface area (Å²) >= 11 is 0. The third-order valence-corrected chi connectivity index (χ3v) is 2.92. The molecular formula is C9H21NO4S. The van der Waals surface area contributed by atoms with Gasteiger partial charge in [0, 0.05) is 12.6 Å². The SMILES string of the molecule is CC(CCCO)NCCCCS(=O)(=O)O. The van der Waals surface area contributed by atoms with Crippen molar-refractivity contribution in [2.75, 3.05) is 18.9 Å². The Balaban J connectivity index is 3.31. The molecule has 0 radical (unpaired) electrons. The Morgan fingerprint density at radius 3 is 2.47 bits per heavy atom. The van der Waals surface area contributed by atoms with Gasteiger partial charge in [0.15, 0.2) is 0 Å². The van der Waals surface area contributed by atoms with Crippen LogP contribution in [-0.2, 0) is 10.1 Å². The van der Waals surface area contributed by atoms with Crippen LogP contribution in [0.15, 0.2) is 0 Å². The van der Waals surface area contributed by atoms with Crippen LogP contribution in [0.3, 0.4) is 0 Å². The molecule has 0 aliphatic rings. The third kappa shape index (κ3) is 11.8. The quantitative estimate of drug-likeness (QED) is 0.400. The number of rotatable bonds is 9. The molecule has 92 valence electrons. The van der Waals surface area contributed by atoms with Crippen LogP contribution >= 0.6 is 0 Å². The standard InChI is InChI=1S/C9H21NO4S/c1-9(5-4-7-11)10-6-2-3-8-15(12,13)14/h9-11H,2-8H2,1H3,(H,12,13,14). The molecule has 15 heavy (non-hydrogen) atoms. The van der Waals surface area contributed by atoms with E-state index < -0.39 is 10.1 Å². The van der Waals surface area contributed by atoms with Crippen molar-refractivity contribution < 1.29 is 18.1 Å². The molecule has 0 rings (SSSR count). The number of aliphatic hydroxyl groups is 1. The number of aliphatic hydroxyl groups excluding tert-OH is 1. The van der Waals surface area contributed by atoms with E-state index in [1.807, 2.05) is 6.92 Å². The van der Waals surface area contributed by atoms with Crippen LogP contribution in [0.4, 0.5) is 0 Å². The molecule has 0 bridgehead atoms. The Labute approximate surface area is 91.6 Å². The summed E-state index contributed by atoms with van der Waals surface area (Å²) in [5, 5.41) is 11.8. The van der Waals surface area contributed by atoms with E-state index in [4.69, 9.17) is 9.66 Å². The van der Waals surface area contributed by atoms with Crippen molar-refractivity contribution in [2.45, 2.75) is 38.6 Å². The maximum atomic E-state index is 10.4. The summed E-state index contributed by atoms with van der Waals surface area (Å²) in [5.74, 6) is -0.167. The van der Waals surface area contributed by atoms with Gasteiger partial charge in [0.25, 0.3) is 10.1 Å². The number of hydrogen-bond donors (Lipinski definition) is 3. The minimum atomic E-state index is -3.80. The van der Waals surface area contributed by atoms with Gasteiger partial charge in [-0.1, -0.05) is 0 Å². The maximum Gasteiger partial charge on any atom is 0.264 e. The smallest absolute Gasteiger partial charge is 0.264 e. The molecule has 0 saturated heterocycles. The molecule has 1 atom stereocenters. The molecule has 0 aliphatic carbocycles. The van der Waals surface area contributed by atoms with E-state index in [9.17, 15) is 8.42 Å². The zero-order valence-electron chi connectivity index (χ0n) is 9.15. The summed E-state index contributed by atoms with van der Waals surface area (Å²) in [6, 6.07) is 0.336. The van der Waals surface area contributed by atoms with Gasteiger partial charge < -0.3 is 10.4 Å². The Morgan fingerprint density at radius 1 is 1.27 bits per heavy atom. The Morgan fingerprint density at radius 2 is 1.93 bits per heavy atom. The minimum absolute atomic E-state index is 0.167. The van der Waals surface area contributed by atoms with Gasteiger partial charge in [0.1, 0.15) is 0 Å². The molecule has 0 aromatic carbocycles. The fourth-order valence-electron chi connectivity index (χ4n) is 1.26. The van der Waals surface area contributed by atoms with Gasteiger partial charge in [0.05, 0.1) is 5.75 Å². The van der Waals surface area contributed by atoms with Crippen molar-refractivity contribution >= 4 is 10.1 Å². The summed E-state index contributed by atoms with van der Waals surface area (Å²) in [7, 11) is -3.80. The van der Waals surface area contributed by atoms with Crippen LogP contribution in [0, 0.1) is 0 Å². The fourth-order valence-corrected chi connectivity index (χ4v) is 1.83. The van der Waals surface area contributed by atoms with Gasteiger partial charge in [-0.25, -0.2) is 0 Å². The van der Waals surface area contributed by atoms with Gasteiger partial charge in [-0.3, -0.25) is 4.55 Å². The zero-order chi connectivity index (χ0) is 11.7. The summed E-state index contributed by atoms with van der Waals surface area (Å²) in [4.78, 5) is 0. The van der Waals surface area contributed by atoms with Crippen molar-refractivity contribution in [1.82, 2.24) is 5.32 Å². The highest BCUT2D eigenvalue weighted by Gasteiger charge is 2.04. The lowest BCUT2D eigenvalue weighted by Gasteiger charge is -2.12. The fraction of sp³-hybridized carbons (Fsp3) is 1.00. The van der Waals surface area contributed by atoms with Crippen molar-refractivity contribution in [3.8, 4) is 0 Å². The highest BCUT2D eigenvalue weighted by atomic mass is 32.2. The highest BCUT2D eigenvalue weighted by Crippen LogP contribution is 1.97. The van der Waals surface area contributed by atoms with Gasteiger partial charge in [-0.2, -0.15) is 8.42 Å². The van der Waals surface area contributed by atoms with E-state index in [1.54, 1.807) is 0 Å². The van der Waals surface area contributed by atoms with Crippen LogP contribution in [0.1, 0.15) is 32.6 Å². The van der Waals surface area contributed by atoms with Crippen molar-refractivity contribution in [1.29, 1.82) is 0 Å². The number of hydrogen-bond acceptors (Lipinski definition) is 4. The zero-order valence-corrected chi connectivity index (χ0v) is 9.96. The first-order valence-electron chi connectivity index (χ1n) is 5.25. The molecule has 0 aromatic rings. The van der Waals surface area contributed by atoms with Crippen molar-refractivity contribution in [3.05, 3.63) is 0 Å². The lowest BCUT2D eigenvalue weighted by Crippen LogP contribution is -2.27. The Kier molecular flexibility index (Phi) is 7.95. The maximum absolute atomic E-state index is 10.4. The molecule has 0 saturated carbocycles. The molecular weight excluding hydrogens is 218 g/mol. The summed E-state index contributed by atoms with van der Waals surface area (Å²) in [6.45, 7) is 2.97. The molecule has 0 fully saturated rings. The van der Waals surface area contributed by atoms with Crippen LogP contribution < -0.4 is 5.32 Å². The third-order valence-electron chi connectivity index (χ3n) is 2.12. The van der Waals surface area contributed by atoms with Gasteiger partial charge in [-0.15, -0.1) is 0 Å². The van der Waals surface area contributed by atoms with E-state index in [1.165, 1.54) is 0 Å². The second kappa shape index (κ2) is 8.04. The molecule has 1 unspecified atom stereocenters. The molecule has 0 aromatic heterocycles. The number of nitrogens with one attached hydrogen (secondary N) is 1. The van der Waals surface area contributed by atoms with Crippen molar-refractivity contribution in [2.24, 2.45) is 0 Å². The average molecular weight is 239 g/mol. The minimum Gasteiger partial charge on any atom is -0.396 e. The first-order valence-corrected chi connectivity index (χ1v) is 6.86. The van der Waals surface area contributed by atoms with E-state index >= 15 is 0 Å². The van der Waals surface area contributed by atoms with E-state index in [0.717, 1.165) is 25.8 Å². The van der Waals surface area contributed by atoms with E-state index in [-0.39, 0.29) is 12.4 Å². The van der Waals surface area contributed by atoms with Gasteiger partial charge in [-0.05, 0) is 39.2 Å². The molecule has 6 heteroatoms. The first kappa shape index (κ1) is 14.8. The molecule has 5 nitrogen and oxygen atoms in total. The molecule has 3 N–H and O–H groups in total. The molecule has 0 aliphatic heterocycles. The second-order valence-corrected chi connectivity index (χ2v) is 5.29.